The number of rotatable bonds is 3. The lowest BCUT2D eigenvalue weighted by Crippen LogP contribution is -2.36. The molecule has 0 radical (unpaired) electrons. The molecule has 1 saturated carbocycles. The minimum atomic E-state index is -0.678. The van der Waals surface area contributed by atoms with Gasteiger partial charge >= 0.3 is 5.97 Å². The number of carbonyl (C=O) groups is 1. The molecule has 0 amide bonds. The molecular formula is C14H18O4. The number of hydrogen-bond acceptors (Lipinski definition) is 3. The smallest absolute Gasteiger partial charge is 0.310 e. The van der Waals surface area contributed by atoms with Crippen LogP contribution >= 0.6 is 0 Å². The zero-order valence-electron chi connectivity index (χ0n) is 10.4. The van der Waals surface area contributed by atoms with E-state index in [9.17, 15) is 9.90 Å². The summed E-state index contributed by atoms with van der Waals surface area (Å²) in [6, 6.07) is 0. The van der Waals surface area contributed by atoms with Crippen LogP contribution in [0.15, 0.2) is 11.6 Å². The van der Waals surface area contributed by atoms with Gasteiger partial charge in [0.05, 0.1) is 5.41 Å². The van der Waals surface area contributed by atoms with Crippen LogP contribution in [0.25, 0.3) is 0 Å². The molecule has 2 aliphatic carbocycles. The van der Waals surface area contributed by atoms with Crippen LogP contribution in [0.5, 0.6) is 0 Å². The Hall–Kier alpha value is -0.870. The fourth-order valence-electron chi connectivity index (χ4n) is 3.84. The molecule has 0 bridgehead atoms. The van der Waals surface area contributed by atoms with Crippen LogP contribution in [0.2, 0.25) is 0 Å². The second kappa shape index (κ2) is 3.17. The van der Waals surface area contributed by atoms with Crippen molar-refractivity contribution in [3.05, 3.63) is 11.6 Å². The third-order valence-electron chi connectivity index (χ3n) is 5.06. The third kappa shape index (κ3) is 1.30. The molecule has 2 saturated heterocycles. The largest absolute Gasteiger partial charge is 0.481 e. The molecule has 98 valence electrons. The fraction of sp³-hybridized carbons (Fsp3) is 0.786. The van der Waals surface area contributed by atoms with Crippen molar-refractivity contribution in [3.63, 3.8) is 0 Å². The molecule has 18 heavy (non-hydrogen) atoms. The lowest BCUT2D eigenvalue weighted by molar-refractivity contribution is -0.152. The van der Waals surface area contributed by atoms with E-state index in [2.05, 4.69) is 6.08 Å². The van der Waals surface area contributed by atoms with Gasteiger partial charge in [0.2, 0.25) is 11.6 Å². The van der Waals surface area contributed by atoms with Gasteiger partial charge in [0.1, 0.15) is 0 Å². The molecule has 4 heteroatoms. The summed E-state index contributed by atoms with van der Waals surface area (Å²) in [7, 11) is 0. The van der Waals surface area contributed by atoms with Crippen LogP contribution in [-0.2, 0) is 14.3 Å². The van der Waals surface area contributed by atoms with Crippen LogP contribution in [0, 0.1) is 5.41 Å². The van der Waals surface area contributed by atoms with Gasteiger partial charge in [-0.1, -0.05) is 11.6 Å². The van der Waals surface area contributed by atoms with Crippen molar-refractivity contribution in [1.29, 1.82) is 0 Å². The highest BCUT2D eigenvalue weighted by Crippen LogP contribution is 2.77. The van der Waals surface area contributed by atoms with E-state index in [0.29, 0.717) is 19.3 Å². The maximum absolute atomic E-state index is 11.7. The molecule has 3 fully saturated rings. The van der Waals surface area contributed by atoms with Gasteiger partial charge in [-0.2, -0.15) is 0 Å². The molecule has 2 heterocycles. The minimum absolute atomic E-state index is 0.354. The summed E-state index contributed by atoms with van der Waals surface area (Å²) in [5.74, 6) is -1.53. The first-order valence-corrected chi connectivity index (χ1v) is 6.92. The van der Waals surface area contributed by atoms with Gasteiger partial charge in [0.25, 0.3) is 0 Å². The Morgan fingerprint density at radius 1 is 1.28 bits per heavy atom. The lowest BCUT2D eigenvalue weighted by atomic mass is 9.69. The molecule has 4 nitrogen and oxygen atoms in total. The number of epoxide rings is 2. The van der Waals surface area contributed by atoms with E-state index in [1.54, 1.807) is 0 Å². The molecule has 1 atom stereocenters. The van der Waals surface area contributed by atoms with Crippen molar-refractivity contribution in [1.82, 2.24) is 0 Å². The predicted molar refractivity (Wildman–Crippen MR) is 62.7 cm³/mol. The quantitative estimate of drug-likeness (QED) is 0.617. The van der Waals surface area contributed by atoms with Gasteiger partial charge < -0.3 is 14.6 Å². The number of ether oxygens (including phenoxy) is 2. The number of allylic oxidation sites excluding steroid dienone is 2. The van der Waals surface area contributed by atoms with E-state index in [1.165, 1.54) is 18.4 Å². The van der Waals surface area contributed by atoms with Crippen LogP contribution in [0.1, 0.15) is 51.4 Å². The lowest BCUT2D eigenvalue weighted by Gasteiger charge is -2.31. The molecule has 0 aromatic carbocycles. The molecule has 1 N–H and O–H groups in total. The Kier molecular flexibility index (Phi) is 1.94. The number of carboxylic acid groups (broad SMARTS) is 1. The van der Waals surface area contributed by atoms with Crippen LogP contribution < -0.4 is 0 Å². The number of hydrogen-bond donors (Lipinski definition) is 1. The second-order valence-electron chi connectivity index (χ2n) is 6.26. The van der Waals surface area contributed by atoms with E-state index in [0.717, 1.165) is 19.3 Å². The van der Waals surface area contributed by atoms with Crippen LogP contribution in [-0.4, -0.2) is 22.7 Å². The number of carboxylic acids is 1. The van der Waals surface area contributed by atoms with E-state index in [-0.39, 0.29) is 5.79 Å². The van der Waals surface area contributed by atoms with Gasteiger partial charge in [-0.3, -0.25) is 4.79 Å². The van der Waals surface area contributed by atoms with E-state index >= 15 is 0 Å². The highest BCUT2D eigenvalue weighted by Gasteiger charge is 2.93. The first kappa shape index (κ1) is 11.0. The average molecular weight is 250 g/mol. The highest BCUT2D eigenvalue weighted by molar-refractivity contribution is 5.76. The maximum Gasteiger partial charge on any atom is 0.310 e. The molecule has 0 aromatic heterocycles. The van der Waals surface area contributed by atoms with Gasteiger partial charge in [-0.15, -0.1) is 0 Å². The predicted octanol–water partition coefficient (Wildman–Crippen LogP) is 2.58. The first-order chi connectivity index (χ1) is 8.60. The highest BCUT2D eigenvalue weighted by atomic mass is 17.0. The Morgan fingerprint density at radius 2 is 2.11 bits per heavy atom. The zero-order valence-corrected chi connectivity index (χ0v) is 10.4. The summed E-state index contributed by atoms with van der Waals surface area (Å²) < 4.78 is 11.1. The molecule has 4 aliphatic rings. The Balaban J connectivity index is 1.57. The van der Waals surface area contributed by atoms with Gasteiger partial charge in [-0.05, 0) is 38.5 Å². The SMILES string of the molecule is O=C(O)C1(CC2=CCCCC2)CCC23OC2(C1)O3. The molecule has 0 spiro atoms. The van der Waals surface area contributed by atoms with E-state index in [1.807, 2.05) is 0 Å². The standard InChI is InChI=1S/C14H18O4/c15-11(16)12(8-10-4-2-1-3-5-10)6-7-13-14(9-12,17-13)18-13/h4H,1-3,5-9H2,(H,15,16). The van der Waals surface area contributed by atoms with Crippen molar-refractivity contribution in [2.75, 3.05) is 0 Å². The summed E-state index contributed by atoms with van der Waals surface area (Å²) in [5.41, 5.74) is 0.675. The van der Waals surface area contributed by atoms with Crippen molar-refractivity contribution in [2.45, 2.75) is 62.9 Å². The molecule has 2 aliphatic heterocycles. The summed E-state index contributed by atoms with van der Waals surface area (Å²) in [5, 5.41) is 9.65. The van der Waals surface area contributed by atoms with Crippen molar-refractivity contribution in [2.24, 2.45) is 5.41 Å². The topological polar surface area (TPSA) is 62.4 Å². The Bertz CT molecular complexity index is 447. The first-order valence-electron chi connectivity index (χ1n) is 6.92. The van der Waals surface area contributed by atoms with Gasteiger partial charge in [0.15, 0.2) is 0 Å². The van der Waals surface area contributed by atoms with Crippen LogP contribution in [0.3, 0.4) is 0 Å². The fourth-order valence-corrected chi connectivity index (χ4v) is 3.84. The normalized spacial score (nSPS) is 48.8. The summed E-state index contributed by atoms with van der Waals surface area (Å²) in [6.45, 7) is 0. The average Bonchev–Trinajstić information content (AvgIpc) is 3.15. The van der Waals surface area contributed by atoms with Crippen molar-refractivity contribution >= 4 is 5.97 Å². The second-order valence-corrected chi connectivity index (χ2v) is 6.26. The molecule has 1 unspecified atom stereocenters. The monoisotopic (exact) mass is 250 g/mol. The Labute approximate surface area is 106 Å². The van der Waals surface area contributed by atoms with Gasteiger partial charge in [-0.25, -0.2) is 0 Å². The minimum Gasteiger partial charge on any atom is -0.481 e. The molecular weight excluding hydrogens is 232 g/mol. The summed E-state index contributed by atoms with van der Waals surface area (Å²) in [6.07, 6.45) is 9.50. The zero-order chi connectivity index (χ0) is 12.4. The number of aliphatic carboxylic acids is 1. The Morgan fingerprint density at radius 3 is 2.72 bits per heavy atom. The van der Waals surface area contributed by atoms with Crippen molar-refractivity contribution < 1.29 is 19.4 Å². The van der Waals surface area contributed by atoms with Crippen molar-refractivity contribution in [3.8, 4) is 0 Å². The molecule has 4 rings (SSSR count). The van der Waals surface area contributed by atoms with Crippen LogP contribution in [0.4, 0.5) is 0 Å². The third-order valence-corrected chi connectivity index (χ3v) is 5.06. The summed E-state index contributed by atoms with van der Waals surface area (Å²) >= 11 is 0. The van der Waals surface area contributed by atoms with E-state index < -0.39 is 17.2 Å². The summed E-state index contributed by atoms with van der Waals surface area (Å²) in [4.78, 5) is 11.7. The van der Waals surface area contributed by atoms with E-state index in [4.69, 9.17) is 9.47 Å². The molecule has 0 aromatic rings. The van der Waals surface area contributed by atoms with Gasteiger partial charge in [0, 0.05) is 12.8 Å². The maximum atomic E-state index is 11.7.